The van der Waals surface area contributed by atoms with Crippen molar-refractivity contribution in [3.05, 3.63) is 71.8 Å². The number of hydrogen-bond acceptors (Lipinski definition) is 4. The highest BCUT2D eigenvalue weighted by molar-refractivity contribution is 7.79. The van der Waals surface area contributed by atoms with Crippen LogP contribution in [0.3, 0.4) is 0 Å². The van der Waals surface area contributed by atoms with E-state index in [1.807, 2.05) is 0 Å². The van der Waals surface area contributed by atoms with Crippen molar-refractivity contribution < 1.29 is 26.7 Å². The van der Waals surface area contributed by atoms with Crippen molar-refractivity contribution in [3.8, 4) is 5.69 Å². The molecule has 0 radical (unpaired) electrons. The van der Waals surface area contributed by atoms with Crippen molar-refractivity contribution in [1.29, 1.82) is 0 Å². The number of hydrogen-bond donors (Lipinski definition) is 1. The van der Waals surface area contributed by atoms with Gasteiger partial charge < -0.3 is 9.87 Å². The van der Waals surface area contributed by atoms with E-state index in [0.29, 0.717) is 0 Å². The highest BCUT2D eigenvalue weighted by Crippen LogP contribution is 2.22. The van der Waals surface area contributed by atoms with Gasteiger partial charge in [-0.2, -0.15) is 5.10 Å². The Labute approximate surface area is 153 Å². The highest BCUT2D eigenvalue weighted by atomic mass is 32.2. The molecule has 0 aliphatic carbocycles. The number of carbonyl (C=O) groups excluding carboxylic acids is 1. The lowest BCUT2D eigenvalue weighted by molar-refractivity contribution is -0.115. The summed E-state index contributed by atoms with van der Waals surface area (Å²) in [5.74, 6) is -3.50. The van der Waals surface area contributed by atoms with E-state index in [9.17, 15) is 26.7 Å². The summed E-state index contributed by atoms with van der Waals surface area (Å²) in [5.41, 5.74) is 0.0672. The Kier molecular flexibility index (Phi) is 5.38. The summed E-state index contributed by atoms with van der Waals surface area (Å²) in [6, 6.07) is 7.34. The van der Waals surface area contributed by atoms with Crippen LogP contribution in [0.15, 0.2) is 53.7 Å². The molecule has 0 saturated carbocycles. The van der Waals surface area contributed by atoms with Crippen LogP contribution < -0.4 is 5.32 Å². The molecule has 1 heterocycles. The maximum absolute atomic E-state index is 13.6. The summed E-state index contributed by atoms with van der Waals surface area (Å²) in [7, 11) is 0. The maximum Gasteiger partial charge on any atom is 0.228 e. The predicted molar refractivity (Wildman–Crippen MR) is 89.4 cm³/mol. The Hall–Kier alpha value is -2.98. The zero-order valence-electron chi connectivity index (χ0n) is 13.5. The first-order valence-corrected chi connectivity index (χ1v) is 8.59. The molecule has 3 rings (SSSR count). The van der Waals surface area contributed by atoms with Crippen LogP contribution in [0.2, 0.25) is 0 Å². The number of rotatable bonds is 5. The SMILES string of the molecule is O=C(Cc1cccc(F)c1F)Nc1ccc(-n2cc(F)cn2)c(S(=O)[O-])c1. The van der Waals surface area contributed by atoms with E-state index in [1.54, 1.807) is 0 Å². The molecule has 0 aliphatic rings. The topological polar surface area (TPSA) is 87.0 Å². The number of anilines is 1. The second-order valence-electron chi connectivity index (χ2n) is 5.46. The van der Waals surface area contributed by atoms with Crippen LogP contribution in [0.5, 0.6) is 0 Å². The van der Waals surface area contributed by atoms with E-state index >= 15 is 0 Å². The zero-order chi connectivity index (χ0) is 19.6. The van der Waals surface area contributed by atoms with Gasteiger partial charge in [-0.1, -0.05) is 12.1 Å². The standard InChI is InChI=1S/C17H12F3N3O3S/c18-11-8-21-23(9-11)14-5-4-12(7-15(14)27(25)26)22-16(24)6-10-2-1-3-13(19)17(10)20/h1-5,7-9H,6H2,(H,22,24)(H,25,26)/p-1. The minimum Gasteiger partial charge on any atom is -0.768 e. The molecule has 10 heteroatoms. The first-order valence-electron chi connectivity index (χ1n) is 7.52. The molecule has 1 atom stereocenters. The first-order chi connectivity index (χ1) is 12.8. The molecular formula is C17H11F3N3O3S-. The Bertz CT molecular complexity index is 1040. The zero-order valence-corrected chi connectivity index (χ0v) is 14.3. The van der Waals surface area contributed by atoms with Crippen LogP contribution in [0.4, 0.5) is 18.9 Å². The number of amides is 1. The van der Waals surface area contributed by atoms with E-state index in [-0.39, 0.29) is 21.8 Å². The van der Waals surface area contributed by atoms with Crippen molar-refractivity contribution in [3.63, 3.8) is 0 Å². The van der Waals surface area contributed by atoms with E-state index in [1.165, 1.54) is 24.3 Å². The Morgan fingerprint density at radius 2 is 2.00 bits per heavy atom. The van der Waals surface area contributed by atoms with Crippen molar-refractivity contribution in [2.45, 2.75) is 11.3 Å². The Balaban J connectivity index is 1.83. The van der Waals surface area contributed by atoms with Gasteiger partial charge in [-0.3, -0.25) is 9.00 Å². The van der Waals surface area contributed by atoms with Crippen molar-refractivity contribution in [1.82, 2.24) is 9.78 Å². The average molecular weight is 394 g/mol. The van der Waals surface area contributed by atoms with Crippen LogP contribution in [-0.4, -0.2) is 24.4 Å². The molecule has 140 valence electrons. The summed E-state index contributed by atoms with van der Waals surface area (Å²) in [6.45, 7) is 0. The van der Waals surface area contributed by atoms with Crippen LogP contribution in [0.1, 0.15) is 5.56 Å². The third kappa shape index (κ3) is 4.23. The minimum atomic E-state index is -2.70. The number of carbonyl (C=O) groups is 1. The second kappa shape index (κ2) is 7.72. The normalized spacial score (nSPS) is 12.0. The van der Waals surface area contributed by atoms with Gasteiger partial charge in [-0.25, -0.2) is 17.9 Å². The Morgan fingerprint density at radius 3 is 2.67 bits per heavy atom. The fraction of sp³-hybridized carbons (Fsp3) is 0.0588. The number of nitrogens with zero attached hydrogens (tertiary/aromatic N) is 2. The van der Waals surface area contributed by atoms with Gasteiger partial charge >= 0.3 is 0 Å². The van der Waals surface area contributed by atoms with E-state index in [0.717, 1.165) is 29.2 Å². The van der Waals surface area contributed by atoms with Gasteiger partial charge in [0.1, 0.15) is 0 Å². The lowest BCUT2D eigenvalue weighted by atomic mass is 10.1. The van der Waals surface area contributed by atoms with E-state index in [4.69, 9.17) is 0 Å². The number of nitrogens with one attached hydrogen (secondary N) is 1. The fourth-order valence-corrected chi connectivity index (χ4v) is 2.97. The van der Waals surface area contributed by atoms with E-state index < -0.39 is 40.9 Å². The lowest BCUT2D eigenvalue weighted by Gasteiger charge is -2.14. The van der Waals surface area contributed by atoms with Crippen molar-refractivity contribution >= 4 is 22.7 Å². The molecule has 1 amide bonds. The molecule has 0 bridgehead atoms. The number of aromatic nitrogens is 2. The summed E-state index contributed by atoms with van der Waals surface area (Å²) < 4.78 is 63.9. The fourth-order valence-electron chi connectivity index (χ4n) is 2.41. The van der Waals surface area contributed by atoms with Gasteiger partial charge in [0.05, 0.1) is 29.4 Å². The third-order valence-corrected chi connectivity index (χ3v) is 4.29. The molecule has 0 spiro atoms. The number of halogens is 3. The third-order valence-electron chi connectivity index (χ3n) is 3.60. The van der Waals surface area contributed by atoms with Crippen LogP contribution in [0, 0.1) is 17.5 Å². The summed E-state index contributed by atoms with van der Waals surface area (Å²) >= 11 is -2.70. The van der Waals surface area contributed by atoms with Crippen LogP contribution in [0.25, 0.3) is 5.69 Å². The highest BCUT2D eigenvalue weighted by Gasteiger charge is 2.14. The second-order valence-corrected chi connectivity index (χ2v) is 6.37. The summed E-state index contributed by atoms with van der Waals surface area (Å²) in [6.07, 6.45) is 1.48. The van der Waals surface area contributed by atoms with Gasteiger partial charge in [-0.15, -0.1) is 0 Å². The van der Waals surface area contributed by atoms with Gasteiger partial charge in [0.2, 0.25) is 5.91 Å². The molecule has 0 aliphatic heterocycles. The van der Waals surface area contributed by atoms with Gasteiger partial charge in [0.25, 0.3) is 0 Å². The summed E-state index contributed by atoms with van der Waals surface area (Å²) in [4.78, 5) is 11.8. The van der Waals surface area contributed by atoms with Crippen molar-refractivity contribution in [2.24, 2.45) is 0 Å². The Morgan fingerprint density at radius 1 is 1.22 bits per heavy atom. The molecular weight excluding hydrogens is 383 g/mol. The molecule has 3 aromatic rings. The largest absolute Gasteiger partial charge is 0.768 e. The van der Waals surface area contributed by atoms with Crippen LogP contribution in [-0.2, 0) is 22.3 Å². The quantitative estimate of drug-likeness (QED) is 0.674. The molecule has 1 aromatic heterocycles. The molecule has 1 N–H and O–H groups in total. The predicted octanol–water partition coefficient (Wildman–Crippen LogP) is 2.71. The van der Waals surface area contributed by atoms with Gasteiger partial charge in [-0.05, 0) is 35.3 Å². The average Bonchev–Trinajstić information content (AvgIpc) is 3.05. The maximum atomic E-state index is 13.6. The molecule has 0 saturated heterocycles. The lowest BCUT2D eigenvalue weighted by Crippen LogP contribution is -2.16. The molecule has 0 fully saturated rings. The summed E-state index contributed by atoms with van der Waals surface area (Å²) in [5, 5.41) is 6.11. The number of benzene rings is 2. The van der Waals surface area contributed by atoms with Gasteiger partial charge in [0, 0.05) is 11.3 Å². The molecule has 27 heavy (non-hydrogen) atoms. The van der Waals surface area contributed by atoms with E-state index in [2.05, 4.69) is 10.4 Å². The first kappa shape index (κ1) is 18.8. The monoisotopic (exact) mass is 394 g/mol. The molecule has 6 nitrogen and oxygen atoms in total. The van der Waals surface area contributed by atoms with Crippen LogP contribution >= 0.6 is 0 Å². The van der Waals surface area contributed by atoms with Crippen molar-refractivity contribution in [2.75, 3.05) is 5.32 Å². The van der Waals surface area contributed by atoms with Gasteiger partial charge in [0.15, 0.2) is 17.5 Å². The minimum absolute atomic E-state index is 0.0846. The molecule has 2 aromatic carbocycles. The smallest absolute Gasteiger partial charge is 0.228 e. The molecule has 1 unspecified atom stereocenters.